The number of aromatic nitrogens is 1. The predicted octanol–water partition coefficient (Wildman–Crippen LogP) is 3.62. The van der Waals surface area contributed by atoms with Crippen LogP contribution in [-0.2, 0) is 0 Å². The van der Waals surface area contributed by atoms with Crippen LogP contribution >= 0.6 is 22.6 Å². The molecule has 3 rings (SSSR count). The lowest BCUT2D eigenvalue weighted by Gasteiger charge is -1.95. The third-order valence-corrected chi connectivity index (χ3v) is 3.48. The van der Waals surface area contributed by atoms with Gasteiger partial charge in [-0.1, -0.05) is 0 Å². The summed E-state index contributed by atoms with van der Waals surface area (Å²) >= 11 is 2.25. The second kappa shape index (κ2) is 3.73. The highest BCUT2D eigenvalue weighted by atomic mass is 127. The molecule has 0 radical (unpaired) electrons. The lowest BCUT2D eigenvalue weighted by atomic mass is 10.1. The van der Waals surface area contributed by atoms with Crippen molar-refractivity contribution in [2.24, 2.45) is 0 Å². The van der Waals surface area contributed by atoms with Crippen LogP contribution in [0.2, 0.25) is 0 Å². The first-order valence-electron chi connectivity index (χ1n) is 5.09. The maximum Gasteiger partial charge on any atom is 0.335 e. The van der Waals surface area contributed by atoms with Crippen molar-refractivity contribution in [2.75, 3.05) is 0 Å². The summed E-state index contributed by atoms with van der Waals surface area (Å²) in [6, 6.07) is 11.2. The van der Waals surface area contributed by atoms with Crippen LogP contribution in [-0.4, -0.2) is 16.1 Å². The van der Waals surface area contributed by atoms with E-state index in [9.17, 15) is 4.79 Å². The van der Waals surface area contributed by atoms with Gasteiger partial charge in [0.05, 0.1) is 5.56 Å². The molecule has 3 nitrogen and oxygen atoms in total. The number of fused-ring (bicyclic) bond motifs is 3. The summed E-state index contributed by atoms with van der Waals surface area (Å²) in [5, 5.41) is 11.0. The van der Waals surface area contributed by atoms with Crippen LogP contribution in [0.1, 0.15) is 10.4 Å². The van der Waals surface area contributed by atoms with E-state index in [1.807, 2.05) is 18.2 Å². The maximum absolute atomic E-state index is 11.0. The molecule has 0 aliphatic carbocycles. The van der Waals surface area contributed by atoms with Gasteiger partial charge in [0.15, 0.2) is 0 Å². The Kier molecular flexibility index (Phi) is 2.32. The topological polar surface area (TPSA) is 53.1 Å². The molecule has 84 valence electrons. The zero-order valence-corrected chi connectivity index (χ0v) is 10.9. The molecule has 1 aromatic heterocycles. The quantitative estimate of drug-likeness (QED) is 0.667. The predicted molar refractivity (Wildman–Crippen MR) is 75.5 cm³/mol. The highest BCUT2D eigenvalue weighted by Gasteiger charge is 2.08. The first-order valence-corrected chi connectivity index (χ1v) is 6.17. The summed E-state index contributed by atoms with van der Waals surface area (Å²) in [5.41, 5.74) is 2.31. The highest BCUT2D eigenvalue weighted by molar-refractivity contribution is 14.1. The second-order valence-electron chi connectivity index (χ2n) is 3.88. The zero-order chi connectivity index (χ0) is 12.0. The van der Waals surface area contributed by atoms with Gasteiger partial charge in [-0.25, -0.2) is 4.79 Å². The van der Waals surface area contributed by atoms with Crippen molar-refractivity contribution in [3.05, 3.63) is 45.5 Å². The van der Waals surface area contributed by atoms with Crippen LogP contribution in [0, 0.1) is 3.57 Å². The molecule has 2 N–H and O–H groups in total. The first kappa shape index (κ1) is 10.6. The average molecular weight is 337 g/mol. The summed E-state index contributed by atoms with van der Waals surface area (Å²) < 4.78 is 1.14. The van der Waals surface area contributed by atoms with Gasteiger partial charge < -0.3 is 10.1 Å². The lowest BCUT2D eigenvalue weighted by Crippen LogP contribution is -1.94. The Hall–Kier alpha value is -1.56. The molecule has 0 fully saturated rings. The minimum atomic E-state index is -0.896. The molecule has 0 aliphatic heterocycles. The molecule has 4 heteroatoms. The van der Waals surface area contributed by atoms with Gasteiger partial charge in [-0.15, -0.1) is 0 Å². The first-order chi connectivity index (χ1) is 8.15. The Morgan fingerprint density at radius 2 is 1.71 bits per heavy atom. The van der Waals surface area contributed by atoms with Gasteiger partial charge in [-0.3, -0.25) is 0 Å². The number of aromatic carboxylic acids is 1. The number of H-pyrrole nitrogens is 1. The maximum atomic E-state index is 11.0. The molecule has 0 saturated heterocycles. The molecule has 0 aliphatic rings. The number of benzene rings is 2. The second-order valence-corrected chi connectivity index (χ2v) is 5.13. The minimum Gasteiger partial charge on any atom is -0.478 e. The third-order valence-electron chi connectivity index (χ3n) is 2.81. The van der Waals surface area contributed by atoms with E-state index in [2.05, 4.69) is 33.6 Å². The van der Waals surface area contributed by atoms with Crippen LogP contribution in [0.4, 0.5) is 0 Å². The smallest absolute Gasteiger partial charge is 0.335 e. The van der Waals surface area contributed by atoms with Gasteiger partial charge in [-0.2, -0.15) is 0 Å². The fourth-order valence-corrected chi connectivity index (χ4v) is 2.49. The molecule has 0 spiro atoms. The summed E-state index contributed by atoms with van der Waals surface area (Å²) in [4.78, 5) is 14.2. The van der Waals surface area contributed by atoms with Gasteiger partial charge in [0, 0.05) is 25.4 Å². The van der Waals surface area contributed by atoms with Crippen molar-refractivity contribution in [1.82, 2.24) is 4.98 Å². The van der Waals surface area contributed by atoms with Crippen molar-refractivity contribution in [2.45, 2.75) is 0 Å². The van der Waals surface area contributed by atoms with Gasteiger partial charge in [0.1, 0.15) is 0 Å². The molecule has 3 aromatic rings. The number of halogens is 1. The number of aromatic amines is 1. The van der Waals surface area contributed by atoms with E-state index < -0.39 is 5.97 Å². The minimum absolute atomic E-state index is 0.317. The number of hydrogen-bond donors (Lipinski definition) is 2. The number of rotatable bonds is 1. The SMILES string of the molecule is O=C(O)c1ccc2[nH]c3ccc(I)cc3c2c1. The van der Waals surface area contributed by atoms with Crippen LogP contribution < -0.4 is 0 Å². The summed E-state index contributed by atoms with van der Waals surface area (Å²) in [7, 11) is 0. The van der Waals surface area contributed by atoms with E-state index in [-0.39, 0.29) is 0 Å². The number of nitrogens with one attached hydrogen (secondary N) is 1. The largest absolute Gasteiger partial charge is 0.478 e. The Balaban J connectivity index is 2.43. The average Bonchev–Trinajstić information content (AvgIpc) is 2.66. The summed E-state index contributed by atoms with van der Waals surface area (Å²) in [6.45, 7) is 0. The van der Waals surface area contributed by atoms with Crippen LogP contribution in [0.5, 0.6) is 0 Å². The Morgan fingerprint density at radius 1 is 1.06 bits per heavy atom. The normalized spacial score (nSPS) is 11.1. The summed E-state index contributed by atoms with van der Waals surface area (Å²) in [5.74, 6) is -0.896. The van der Waals surface area contributed by atoms with Gasteiger partial charge in [0.2, 0.25) is 0 Å². The van der Waals surface area contributed by atoms with Crippen molar-refractivity contribution < 1.29 is 9.90 Å². The molecular formula is C13H8INO2. The van der Waals surface area contributed by atoms with Crippen molar-refractivity contribution in [3.63, 3.8) is 0 Å². The molecule has 0 atom stereocenters. The van der Waals surface area contributed by atoms with E-state index in [4.69, 9.17) is 5.11 Å². The molecule has 1 heterocycles. The lowest BCUT2D eigenvalue weighted by molar-refractivity contribution is 0.0697. The molecule has 0 amide bonds. The number of carboxylic acids is 1. The van der Waals surface area contributed by atoms with E-state index in [1.54, 1.807) is 12.1 Å². The molecule has 0 bridgehead atoms. The monoisotopic (exact) mass is 337 g/mol. The number of hydrogen-bond acceptors (Lipinski definition) is 1. The molecule has 17 heavy (non-hydrogen) atoms. The molecule has 2 aromatic carbocycles. The van der Waals surface area contributed by atoms with E-state index in [0.29, 0.717) is 5.56 Å². The zero-order valence-electron chi connectivity index (χ0n) is 8.70. The van der Waals surface area contributed by atoms with Gasteiger partial charge in [0.25, 0.3) is 0 Å². The van der Waals surface area contributed by atoms with E-state index in [1.165, 1.54) is 0 Å². The molecular weight excluding hydrogens is 329 g/mol. The van der Waals surface area contributed by atoms with E-state index >= 15 is 0 Å². The number of carbonyl (C=O) groups is 1. The van der Waals surface area contributed by atoms with Crippen molar-refractivity contribution >= 4 is 50.4 Å². The van der Waals surface area contributed by atoms with Crippen molar-refractivity contribution in [1.29, 1.82) is 0 Å². The Morgan fingerprint density at radius 3 is 2.41 bits per heavy atom. The number of carboxylic acid groups (broad SMARTS) is 1. The van der Waals surface area contributed by atoms with E-state index in [0.717, 1.165) is 25.4 Å². The standard InChI is InChI=1S/C13H8INO2/c14-8-2-4-12-10(6-8)9-5-7(13(16)17)1-3-11(9)15-12/h1-6,15H,(H,16,17). The third kappa shape index (κ3) is 1.68. The Labute approximate surface area is 111 Å². The van der Waals surface area contributed by atoms with Crippen molar-refractivity contribution in [3.8, 4) is 0 Å². The highest BCUT2D eigenvalue weighted by Crippen LogP contribution is 2.27. The Bertz CT molecular complexity index is 746. The fraction of sp³-hybridized carbons (Fsp3) is 0. The summed E-state index contributed by atoms with van der Waals surface area (Å²) in [6.07, 6.45) is 0. The van der Waals surface area contributed by atoms with Crippen LogP contribution in [0.3, 0.4) is 0 Å². The molecule has 0 saturated carbocycles. The fourth-order valence-electron chi connectivity index (χ4n) is 2.00. The van der Waals surface area contributed by atoms with Gasteiger partial charge >= 0.3 is 5.97 Å². The van der Waals surface area contributed by atoms with Crippen LogP contribution in [0.15, 0.2) is 36.4 Å². The van der Waals surface area contributed by atoms with Gasteiger partial charge in [-0.05, 0) is 59.0 Å². The molecule has 0 unspecified atom stereocenters. The van der Waals surface area contributed by atoms with Crippen LogP contribution in [0.25, 0.3) is 21.8 Å².